The van der Waals surface area contributed by atoms with Gasteiger partial charge in [0.15, 0.2) is 0 Å². The zero-order valence-corrected chi connectivity index (χ0v) is 10.9. The van der Waals surface area contributed by atoms with Crippen LogP contribution in [0, 0.1) is 0 Å². The minimum atomic E-state index is -0.539. The molecule has 0 saturated carbocycles. The molecule has 1 atom stereocenters. The number of nitrogens with one attached hydrogen (secondary N) is 1. The van der Waals surface area contributed by atoms with Gasteiger partial charge in [-0.05, 0) is 37.6 Å². The number of carbonyl (C=O) groups is 1. The molecule has 0 radical (unpaired) electrons. The lowest BCUT2D eigenvalue weighted by molar-refractivity contribution is -0.149. The van der Waals surface area contributed by atoms with Gasteiger partial charge in [-0.2, -0.15) is 0 Å². The number of rotatable bonds is 4. The maximum absolute atomic E-state index is 12.2. The average Bonchev–Trinajstić information content (AvgIpc) is 2.90. The Morgan fingerprint density at radius 2 is 2.11 bits per heavy atom. The van der Waals surface area contributed by atoms with Crippen LogP contribution in [0.25, 0.3) is 0 Å². The van der Waals surface area contributed by atoms with Crippen LogP contribution in [0.1, 0.15) is 18.9 Å². The standard InChI is InChI=1S/C14H19NO3/c1-3-18-13(16)14(8-9-15-10-14)11-4-6-12(17-2)7-5-11/h4-7,15H,3,8-10H2,1-2H3. The highest BCUT2D eigenvalue weighted by Gasteiger charge is 2.44. The van der Waals surface area contributed by atoms with E-state index < -0.39 is 5.41 Å². The maximum Gasteiger partial charge on any atom is 0.317 e. The van der Waals surface area contributed by atoms with Crippen molar-refractivity contribution in [2.24, 2.45) is 0 Å². The Hall–Kier alpha value is -1.55. The zero-order chi connectivity index (χ0) is 13.0. The van der Waals surface area contributed by atoms with Gasteiger partial charge < -0.3 is 14.8 Å². The molecule has 2 rings (SSSR count). The number of carbonyl (C=O) groups excluding carboxylic acids is 1. The molecule has 1 aromatic carbocycles. The molecule has 0 spiro atoms. The topological polar surface area (TPSA) is 47.6 Å². The SMILES string of the molecule is CCOC(=O)C1(c2ccc(OC)cc2)CCNC1. The molecule has 18 heavy (non-hydrogen) atoms. The molecule has 0 aromatic heterocycles. The summed E-state index contributed by atoms with van der Waals surface area (Å²) in [6, 6.07) is 7.66. The molecule has 1 aromatic rings. The highest BCUT2D eigenvalue weighted by Crippen LogP contribution is 2.33. The molecule has 4 nitrogen and oxygen atoms in total. The first-order valence-corrected chi connectivity index (χ1v) is 6.25. The van der Waals surface area contributed by atoms with E-state index in [0.717, 1.165) is 24.3 Å². The molecule has 1 saturated heterocycles. The second-order valence-electron chi connectivity index (χ2n) is 4.46. The summed E-state index contributed by atoms with van der Waals surface area (Å²) in [5, 5.41) is 3.25. The molecule has 1 N–H and O–H groups in total. The van der Waals surface area contributed by atoms with Gasteiger partial charge in [0, 0.05) is 6.54 Å². The fourth-order valence-corrected chi connectivity index (χ4v) is 2.41. The molecular weight excluding hydrogens is 230 g/mol. The largest absolute Gasteiger partial charge is 0.497 e. The predicted octanol–water partition coefficient (Wildman–Crippen LogP) is 1.49. The van der Waals surface area contributed by atoms with Gasteiger partial charge in [0.05, 0.1) is 13.7 Å². The van der Waals surface area contributed by atoms with E-state index in [1.807, 2.05) is 31.2 Å². The Kier molecular flexibility index (Phi) is 3.87. The predicted molar refractivity (Wildman–Crippen MR) is 68.8 cm³/mol. The van der Waals surface area contributed by atoms with Crippen LogP contribution in [0.2, 0.25) is 0 Å². The molecule has 1 fully saturated rings. The second kappa shape index (κ2) is 5.40. The van der Waals surface area contributed by atoms with Crippen molar-refractivity contribution in [3.63, 3.8) is 0 Å². The molecule has 98 valence electrons. The lowest BCUT2D eigenvalue weighted by atomic mass is 9.79. The Morgan fingerprint density at radius 3 is 2.61 bits per heavy atom. The van der Waals surface area contributed by atoms with Crippen LogP contribution in [-0.2, 0) is 14.9 Å². The number of esters is 1. The van der Waals surface area contributed by atoms with Gasteiger partial charge in [-0.1, -0.05) is 12.1 Å². The summed E-state index contributed by atoms with van der Waals surface area (Å²) in [7, 11) is 1.63. The van der Waals surface area contributed by atoms with Crippen molar-refractivity contribution in [3.8, 4) is 5.75 Å². The van der Waals surface area contributed by atoms with Crippen molar-refractivity contribution in [2.75, 3.05) is 26.8 Å². The van der Waals surface area contributed by atoms with Crippen molar-refractivity contribution in [1.29, 1.82) is 0 Å². The van der Waals surface area contributed by atoms with Crippen molar-refractivity contribution >= 4 is 5.97 Å². The quantitative estimate of drug-likeness (QED) is 0.821. The van der Waals surface area contributed by atoms with Crippen molar-refractivity contribution < 1.29 is 14.3 Å². The lowest BCUT2D eigenvalue weighted by Gasteiger charge is -2.26. The van der Waals surface area contributed by atoms with E-state index in [1.165, 1.54) is 0 Å². The number of ether oxygens (including phenoxy) is 2. The van der Waals surface area contributed by atoms with Gasteiger partial charge >= 0.3 is 5.97 Å². The molecule has 4 heteroatoms. The Morgan fingerprint density at radius 1 is 1.39 bits per heavy atom. The van der Waals surface area contributed by atoms with Gasteiger partial charge in [0.1, 0.15) is 11.2 Å². The van der Waals surface area contributed by atoms with Crippen LogP contribution in [0.5, 0.6) is 5.75 Å². The van der Waals surface area contributed by atoms with Crippen LogP contribution in [0.4, 0.5) is 0 Å². The normalized spacial score (nSPS) is 22.8. The van der Waals surface area contributed by atoms with Crippen molar-refractivity contribution in [1.82, 2.24) is 5.32 Å². The average molecular weight is 249 g/mol. The summed E-state index contributed by atoms with van der Waals surface area (Å²) in [5.41, 5.74) is 0.453. The first-order chi connectivity index (χ1) is 8.73. The molecule has 1 unspecified atom stereocenters. The van der Waals surface area contributed by atoms with Crippen molar-refractivity contribution in [2.45, 2.75) is 18.8 Å². The molecule has 1 heterocycles. The van der Waals surface area contributed by atoms with Crippen molar-refractivity contribution in [3.05, 3.63) is 29.8 Å². The minimum Gasteiger partial charge on any atom is -0.497 e. The summed E-state index contributed by atoms with van der Waals surface area (Å²) in [6.45, 7) is 3.72. The third-order valence-electron chi connectivity index (χ3n) is 3.46. The third kappa shape index (κ3) is 2.20. The molecule has 0 amide bonds. The Bertz CT molecular complexity index is 408. The number of benzene rings is 1. The van der Waals surface area contributed by atoms with E-state index in [4.69, 9.17) is 9.47 Å². The zero-order valence-electron chi connectivity index (χ0n) is 10.9. The van der Waals surface area contributed by atoms with E-state index >= 15 is 0 Å². The molecular formula is C14H19NO3. The van der Waals surface area contributed by atoms with Gasteiger partial charge in [0.2, 0.25) is 0 Å². The first-order valence-electron chi connectivity index (χ1n) is 6.25. The van der Waals surface area contributed by atoms with E-state index in [2.05, 4.69) is 5.32 Å². The smallest absolute Gasteiger partial charge is 0.317 e. The molecule has 0 bridgehead atoms. The van der Waals surface area contributed by atoms with Crippen LogP contribution < -0.4 is 10.1 Å². The van der Waals surface area contributed by atoms with E-state index in [9.17, 15) is 4.79 Å². The lowest BCUT2D eigenvalue weighted by Crippen LogP contribution is -2.39. The molecule has 0 aliphatic carbocycles. The maximum atomic E-state index is 12.2. The highest BCUT2D eigenvalue weighted by molar-refractivity contribution is 5.84. The van der Waals surface area contributed by atoms with Gasteiger partial charge in [-0.15, -0.1) is 0 Å². The summed E-state index contributed by atoms with van der Waals surface area (Å²) < 4.78 is 10.4. The van der Waals surface area contributed by atoms with E-state index in [-0.39, 0.29) is 5.97 Å². The van der Waals surface area contributed by atoms with E-state index in [0.29, 0.717) is 13.2 Å². The third-order valence-corrected chi connectivity index (χ3v) is 3.46. The first kappa shape index (κ1) is 12.9. The number of methoxy groups -OCH3 is 1. The number of hydrogen-bond donors (Lipinski definition) is 1. The van der Waals surface area contributed by atoms with Crippen LogP contribution in [0.15, 0.2) is 24.3 Å². The molecule has 1 aliphatic heterocycles. The fraction of sp³-hybridized carbons (Fsp3) is 0.500. The second-order valence-corrected chi connectivity index (χ2v) is 4.46. The summed E-state index contributed by atoms with van der Waals surface area (Å²) >= 11 is 0. The van der Waals surface area contributed by atoms with Crippen LogP contribution in [-0.4, -0.2) is 32.8 Å². The Balaban J connectivity index is 2.31. The van der Waals surface area contributed by atoms with E-state index in [1.54, 1.807) is 7.11 Å². The Labute approximate surface area is 107 Å². The molecule has 1 aliphatic rings. The van der Waals surface area contributed by atoms with Gasteiger partial charge in [-0.25, -0.2) is 0 Å². The minimum absolute atomic E-state index is 0.139. The highest BCUT2D eigenvalue weighted by atomic mass is 16.5. The fourth-order valence-electron chi connectivity index (χ4n) is 2.41. The monoisotopic (exact) mass is 249 g/mol. The van der Waals surface area contributed by atoms with Gasteiger partial charge in [0.25, 0.3) is 0 Å². The van der Waals surface area contributed by atoms with Crippen LogP contribution >= 0.6 is 0 Å². The summed E-state index contributed by atoms with van der Waals surface area (Å²) in [4.78, 5) is 12.2. The number of hydrogen-bond acceptors (Lipinski definition) is 4. The van der Waals surface area contributed by atoms with Crippen LogP contribution in [0.3, 0.4) is 0 Å². The van der Waals surface area contributed by atoms with Gasteiger partial charge in [-0.3, -0.25) is 4.79 Å². The summed E-state index contributed by atoms with van der Waals surface area (Å²) in [6.07, 6.45) is 0.776. The summed E-state index contributed by atoms with van der Waals surface area (Å²) in [5.74, 6) is 0.656.